The summed E-state index contributed by atoms with van der Waals surface area (Å²) >= 11 is 0. The van der Waals surface area contributed by atoms with Crippen molar-refractivity contribution in [2.75, 3.05) is 53.5 Å². The standard InChI is InChI=1S/C21H36N4O.HI/c1-5-25(6-2)20(14-18-10-8-7-9-11-18)15-23-21(22-3)24(4)16-19-12-13-26-17-19;/h7-11,19-20H,5-6,12-17H2,1-4H3,(H,22,23);1H. The lowest BCUT2D eigenvalue weighted by Gasteiger charge is -2.32. The van der Waals surface area contributed by atoms with E-state index in [2.05, 4.69) is 71.3 Å². The van der Waals surface area contributed by atoms with Gasteiger partial charge in [-0.15, -0.1) is 24.0 Å². The quantitative estimate of drug-likeness (QED) is 0.330. The molecule has 1 fully saturated rings. The first-order valence-electron chi connectivity index (χ1n) is 9.95. The summed E-state index contributed by atoms with van der Waals surface area (Å²) in [6.07, 6.45) is 2.20. The van der Waals surface area contributed by atoms with Gasteiger partial charge in [-0.3, -0.25) is 9.89 Å². The molecule has 0 aliphatic carbocycles. The van der Waals surface area contributed by atoms with Crippen LogP contribution < -0.4 is 5.32 Å². The fraction of sp³-hybridized carbons (Fsp3) is 0.667. The van der Waals surface area contributed by atoms with Crippen molar-refractivity contribution in [3.8, 4) is 0 Å². The summed E-state index contributed by atoms with van der Waals surface area (Å²) in [5.41, 5.74) is 1.39. The second kappa shape index (κ2) is 13.3. The van der Waals surface area contributed by atoms with Gasteiger partial charge in [0.05, 0.1) is 6.61 Å². The molecular formula is C21H37IN4O. The average molecular weight is 488 g/mol. The Kier molecular flexibility index (Phi) is 11.9. The molecule has 0 aromatic heterocycles. The summed E-state index contributed by atoms with van der Waals surface area (Å²) in [6.45, 7) is 10.3. The van der Waals surface area contributed by atoms with E-state index in [9.17, 15) is 0 Å². The molecule has 27 heavy (non-hydrogen) atoms. The maximum atomic E-state index is 5.50. The monoisotopic (exact) mass is 488 g/mol. The smallest absolute Gasteiger partial charge is 0.193 e. The number of guanidine groups is 1. The van der Waals surface area contributed by atoms with Gasteiger partial charge in [0.2, 0.25) is 0 Å². The van der Waals surface area contributed by atoms with Crippen LogP contribution in [-0.2, 0) is 11.2 Å². The van der Waals surface area contributed by atoms with Crippen molar-refractivity contribution < 1.29 is 4.74 Å². The number of hydrogen-bond acceptors (Lipinski definition) is 3. The summed E-state index contributed by atoms with van der Waals surface area (Å²) < 4.78 is 5.50. The first kappa shape index (κ1) is 24.2. The lowest BCUT2D eigenvalue weighted by molar-refractivity contribution is 0.180. The Bertz CT molecular complexity index is 530. The first-order chi connectivity index (χ1) is 12.7. The van der Waals surface area contributed by atoms with Gasteiger partial charge in [-0.1, -0.05) is 44.2 Å². The highest BCUT2D eigenvalue weighted by Gasteiger charge is 2.21. The number of aliphatic imine (C=N–C) groups is 1. The zero-order valence-electron chi connectivity index (χ0n) is 17.4. The summed E-state index contributed by atoms with van der Waals surface area (Å²) in [5, 5.41) is 3.61. The van der Waals surface area contributed by atoms with Crippen LogP contribution in [-0.4, -0.2) is 75.3 Å². The molecule has 0 amide bonds. The molecule has 1 aliphatic heterocycles. The van der Waals surface area contributed by atoms with Crippen LogP contribution in [0.2, 0.25) is 0 Å². The zero-order chi connectivity index (χ0) is 18.8. The molecule has 1 aromatic rings. The van der Waals surface area contributed by atoms with Crippen LogP contribution in [0.5, 0.6) is 0 Å². The number of likely N-dealkylation sites (N-methyl/N-ethyl adjacent to an activating group) is 1. The molecule has 1 heterocycles. The van der Waals surface area contributed by atoms with Crippen molar-refractivity contribution in [1.82, 2.24) is 15.1 Å². The molecule has 2 atom stereocenters. The maximum Gasteiger partial charge on any atom is 0.193 e. The van der Waals surface area contributed by atoms with Gasteiger partial charge in [-0.25, -0.2) is 0 Å². The van der Waals surface area contributed by atoms with E-state index in [0.717, 1.165) is 58.2 Å². The number of halogens is 1. The van der Waals surface area contributed by atoms with Crippen molar-refractivity contribution in [2.24, 2.45) is 10.9 Å². The Morgan fingerprint density at radius 2 is 1.96 bits per heavy atom. The minimum absolute atomic E-state index is 0. The van der Waals surface area contributed by atoms with E-state index >= 15 is 0 Å². The van der Waals surface area contributed by atoms with Crippen molar-refractivity contribution in [1.29, 1.82) is 0 Å². The summed E-state index contributed by atoms with van der Waals surface area (Å²) in [5.74, 6) is 1.59. The van der Waals surface area contributed by atoms with Gasteiger partial charge >= 0.3 is 0 Å². The van der Waals surface area contributed by atoms with Crippen LogP contribution in [0, 0.1) is 5.92 Å². The lowest BCUT2D eigenvalue weighted by Crippen LogP contribution is -2.49. The molecular weight excluding hydrogens is 451 g/mol. The number of nitrogens with zero attached hydrogens (tertiary/aromatic N) is 3. The molecule has 6 heteroatoms. The molecule has 5 nitrogen and oxygen atoms in total. The van der Waals surface area contributed by atoms with E-state index < -0.39 is 0 Å². The van der Waals surface area contributed by atoms with Crippen molar-refractivity contribution in [3.63, 3.8) is 0 Å². The van der Waals surface area contributed by atoms with E-state index in [-0.39, 0.29) is 24.0 Å². The summed E-state index contributed by atoms with van der Waals surface area (Å²) in [7, 11) is 3.99. The van der Waals surface area contributed by atoms with Crippen LogP contribution in [0.4, 0.5) is 0 Å². The molecule has 1 aromatic carbocycles. The van der Waals surface area contributed by atoms with E-state index in [1.54, 1.807) is 0 Å². The van der Waals surface area contributed by atoms with E-state index in [1.165, 1.54) is 5.56 Å². The number of benzene rings is 1. The fourth-order valence-corrected chi connectivity index (χ4v) is 3.75. The Balaban J connectivity index is 0.00000364. The Labute approximate surface area is 182 Å². The van der Waals surface area contributed by atoms with E-state index in [1.807, 2.05) is 7.05 Å². The third-order valence-corrected chi connectivity index (χ3v) is 5.27. The largest absolute Gasteiger partial charge is 0.381 e. The van der Waals surface area contributed by atoms with Crippen molar-refractivity contribution >= 4 is 29.9 Å². The van der Waals surface area contributed by atoms with Gasteiger partial charge in [-0.05, 0) is 31.5 Å². The molecule has 1 N–H and O–H groups in total. The molecule has 154 valence electrons. The molecule has 0 saturated carbocycles. The number of rotatable bonds is 9. The minimum atomic E-state index is 0. The summed E-state index contributed by atoms with van der Waals surface area (Å²) in [6, 6.07) is 11.2. The number of ether oxygens (including phenoxy) is 1. The highest BCUT2D eigenvalue weighted by molar-refractivity contribution is 14.0. The van der Waals surface area contributed by atoms with Crippen LogP contribution in [0.3, 0.4) is 0 Å². The molecule has 1 aliphatic rings. The van der Waals surface area contributed by atoms with Gasteiger partial charge in [0.1, 0.15) is 0 Å². The predicted molar refractivity (Wildman–Crippen MR) is 125 cm³/mol. The number of nitrogens with one attached hydrogen (secondary N) is 1. The van der Waals surface area contributed by atoms with Crippen molar-refractivity contribution in [2.45, 2.75) is 32.7 Å². The second-order valence-electron chi connectivity index (χ2n) is 7.10. The topological polar surface area (TPSA) is 40.1 Å². The Morgan fingerprint density at radius 1 is 1.26 bits per heavy atom. The fourth-order valence-electron chi connectivity index (χ4n) is 3.75. The highest BCUT2D eigenvalue weighted by Crippen LogP contribution is 2.13. The molecule has 0 spiro atoms. The van der Waals surface area contributed by atoms with Crippen LogP contribution in [0.15, 0.2) is 35.3 Å². The normalized spacial score (nSPS) is 18.3. The van der Waals surface area contributed by atoms with E-state index in [4.69, 9.17) is 4.74 Å². The minimum Gasteiger partial charge on any atom is -0.381 e. The molecule has 2 rings (SSSR count). The van der Waals surface area contributed by atoms with Gasteiger partial charge in [-0.2, -0.15) is 0 Å². The van der Waals surface area contributed by atoms with E-state index in [0.29, 0.717) is 12.0 Å². The maximum absolute atomic E-state index is 5.50. The van der Waals surface area contributed by atoms with Crippen LogP contribution in [0.1, 0.15) is 25.8 Å². The predicted octanol–water partition coefficient (Wildman–Crippen LogP) is 3.10. The Morgan fingerprint density at radius 3 is 2.52 bits per heavy atom. The number of hydrogen-bond donors (Lipinski definition) is 1. The van der Waals surface area contributed by atoms with Gasteiger partial charge in [0.15, 0.2) is 5.96 Å². The third kappa shape index (κ3) is 7.95. The molecule has 2 unspecified atom stereocenters. The molecule has 0 bridgehead atoms. The van der Waals surface area contributed by atoms with Crippen LogP contribution in [0.25, 0.3) is 0 Å². The zero-order valence-corrected chi connectivity index (χ0v) is 19.7. The molecule has 1 saturated heterocycles. The van der Waals surface area contributed by atoms with Gasteiger partial charge < -0.3 is 15.0 Å². The van der Waals surface area contributed by atoms with Gasteiger partial charge in [0, 0.05) is 45.8 Å². The lowest BCUT2D eigenvalue weighted by atomic mass is 10.0. The van der Waals surface area contributed by atoms with Crippen molar-refractivity contribution in [3.05, 3.63) is 35.9 Å². The Hall–Kier alpha value is -0.860. The van der Waals surface area contributed by atoms with Crippen LogP contribution >= 0.6 is 24.0 Å². The SMILES string of the molecule is CCN(CC)C(CNC(=NC)N(C)CC1CCOC1)Cc1ccccc1.I. The highest BCUT2D eigenvalue weighted by atomic mass is 127. The average Bonchev–Trinajstić information content (AvgIpc) is 3.16. The molecule has 0 radical (unpaired) electrons. The van der Waals surface area contributed by atoms with Gasteiger partial charge in [0.25, 0.3) is 0 Å². The third-order valence-electron chi connectivity index (χ3n) is 5.27. The second-order valence-corrected chi connectivity index (χ2v) is 7.10. The first-order valence-corrected chi connectivity index (χ1v) is 9.95. The summed E-state index contributed by atoms with van der Waals surface area (Å²) in [4.78, 5) is 9.26.